The van der Waals surface area contributed by atoms with Crippen LogP contribution in [0.4, 0.5) is 0 Å². The smallest absolute Gasteiger partial charge is 0.332 e. The maximum atomic E-state index is 13.0. The molecule has 0 radical (unpaired) electrons. The average molecular weight is 350 g/mol. The molecule has 0 saturated carbocycles. The van der Waals surface area contributed by atoms with Crippen LogP contribution >= 0.6 is 0 Å². The van der Waals surface area contributed by atoms with Gasteiger partial charge in [0.25, 0.3) is 5.56 Å². The fourth-order valence-electron chi connectivity index (χ4n) is 2.63. The molecule has 7 nitrogen and oxygen atoms in total. The van der Waals surface area contributed by atoms with E-state index < -0.39 is 11.2 Å². The number of rotatable bonds is 6. The minimum Gasteiger partial charge on any atom is -0.392 e. The molecule has 0 aliphatic rings. The van der Waals surface area contributed by atoms with Gasteiger partial charge in [-0.1, -0.05) is 48.1 Å². The third-order valence-corrected chi connectivity index (χ3v) is 3.90. The molecule has 0 spiro atoms. The first-order valence-corrected chi connectivity index (χ1v) is 8.02. The molecule has 0 amide bonds. The highest BCUT2D eigenvalue weighted by atomic mass is 16.6. The summed E-state index contributed by atoms with van der Waals surface area (Å²) in [5.41, 5.74) is 0.860. The van der Waals surface area contributed by atoms with Gasteiger partial charge in [-0.2, -0.15) is 0 Å². The third-order valence-electron chi connectivity index (χ3n) is 3.90. The molecule has 2 aromatic heterocycles. The van der Waals surface area contributed by atoms with Gasteiger partial charge in [0.2, 0.25) is 0 Å². The van der Waals surface area contributed by atoms with Crippen LogP contribution in [0.15, 0.2) is 70.0 Å². The number of pyridine rings is 1. The number of aromatic nitrogens is 3. The number of hydrogen-bond donors (Lipinski definition) is 0. The molecule has 1 aromatic carbocycles. The molecule has 0 N–H and O–H groups in total. The number of aryl methyl sites for hydroxylation is 1. The highest BCUT2D eigenvalue weighted by Gasteiger charge is 2.15. The number of nitrogens with zero attached hydrogens (tertiary/aromatic N) is 4. The van der Waals surface area contributed by atoms with Crippen molar-refractivity contribution < 1.29 is 4.84 Å². The fourth-order valence-corrected chi connectivity index (χ4v) is 2.63. The topological polar surface area (TPSA) is 78.5 Å². The van der Waals surface area contributed by atoms with Crippen LogP contribution in [-0.4, -0.2) is 26.9 Å². The molecule has 0 saturated heterocycles. The highest BCUT2D eigenvalue weighted by Crippen LogP contribution is 2.09. The Bertz CT molecular complexity index is 1080. The lowest BCUT2D eigenvalue weighted by Gasteiger charge is -2.11. The standard InChI is InChI=1S/C19H18N4O3/c1-3-11-26-21-12-15-9-10-20-17-16(15)18(24)23(19(25)22(17)2)13-14-7-5-4-6-8-14/h3-10,12H,1,11,13H2,2H3. The summed E-state index contributed by atoms with van der Waals surface area (Å²) in [6.45, 7) is 3.98. The normalized spacial score (nSPS) is 11.1. The van der Waals surface area contributed by atoms with Gasteiger partial charge in [0.05, 0.1) is 18.1 Å². The molecule has 3 aromatic rings. The van der Waals surface area contributed by atoms with Gasteiger partial charge in [-0.15, -0.1) is 0 Å². The molecular formula is C19H18N4O3. The van der Waals surface area contributed by atoms with E-state index in [9.17, 15) is 9.59 Å². The van der Waals surface area contributed by atoms with E-state index in [1.54, 1.807) is 19.2 Å². The minimum atomic E-state index is -0.421. The monoisotopic (exact) mass is 350 g/mol. The summed E-state index contributed by atoms with van der Waals surface area (Å²) < 4.78 is 2.56. The second-order valence-electron chi connectivity index (χ2n) is 5.64. The van der Waals surface area contributed by atoms with E-state index in [0.29, 0.717) is 16.6 Å². The SMILES string of the molecule is C=CCON=Cc1ccnc2c1c(=O)n(Cc1ccccc1)c(=O)n2C. The van der Waals surface area contributed by atoms with Crippen LogP contribution in [0, 0.1) is 0 Å². The Morgan fingerprint density at radius 1 is 1.23 bits per heavy atom. The molecule has 3 rings (SSSR count). The summed E-state index contributed by atoms with van der Waals surface area (Å²) in [6.07, 6.45) is 4.53. The lowest BCUT2D eigenvalue weighted by molar-refractivity contribution is 0.176. The first-order valence-electron chi connectivity index (χ1n) is 8.02. The van der Waals surface area contributed by atoms with Gasteiger partial charge in [-0.25, -0.2) is 9.78 Å². The Labute approximate surface area is 149 Å². The van der Waals surface area contributed by atoms with Crippen LogP contribution in [0.5, 0.6) is 0 Å². The molecule has 0 atom stereocenters. The van der Waals surface area contributed by atoms with Crippen molar-refractivity contribution in [3.05, 3.63) is 87.2 Å². The minimum absolute atomic E-state index is 0.181. The summed E-state index contributed by atoms with van der Waals surface area (Å²) in [5, 5.41) is 4.14. The molecule has 2 heterocycles. The fraction of sp³-hybridized carbons (Fsp3) is 0.158. The molecule has 0 unspecified atom stereocenters. The zero-order valence-corrected chi connectivity index (χ0v) is 14.3. The van der Waals surface area contributed by atoms with Gasteiger partial charge in [-0.3, -0.25) is 13.9 Å². The summed E-state index contributed by atoms with van der Waals surface area (Å²) in [4.78, 5) is 34.8. The number of benzene rings is 1. The van der Waals surface area contributed by atoms with Gasteiger partial charge in [0, 0.05) is 18.8 Å². The predicted octanol–water partition coefficient (Wildman–Crippen LogP) is 1.68. The van der Waals surface area contributed by atoms with E-state index in [-0.39, 0.29) is 13.2 Å². The van der Waals surface area contributed by atoms with Crippen molar-refractivity contribution in [1.82, 2.24) is 14.1 Å². The van der Waals surface area contributed by atoms with Gasteiger partial charge in [-0.05, 0) is 11.6 Å². The lowest BCUT2D eigenvalue weighted by atomic mass is 10.2. The van der Waals surface area contributed by atoms with Crippen LogP contribution in [-0.2, 0) is 18.4 Å². The quantitative estimate of drug-likeness (QED) is 0.293. The molecule has 132 valence electrons. The predicted molar refractivity (Wildman–Crippen MR) is 101 cm³/mol. The second kappa shape index (κ2) is 7.60. The van der Waals surface area contributed by atoms with Crippen molar-refractivity contribution in [2.45, 2.75) is 6.54 Å². The molecule has 7 heteroatoms. The lowest BCUT2D eigenvalue weighted by Crippen LogP contribution is -2.40. The zero-order chi connectivity index (χ0) is 18.5. The van der Waals surface area contributed by atoms with Gasteiger partial charge in [0.15, 0.2) is 0 Å². The van der Waals surface area contributed by atoms with E-state index in [1.807, 2.05) is 30.3 Å². The van der Waals surface area contributed by atoms with Crippen LogP contribution in [0.3, 0.4) is 0 Å². The molecule has 26 heavy (non-hydrogen) atoms. The van der Waals surface area contributed by atoms with Crippen molar-refractivity contribution in [2.24, 2.45) is 12.2 Å². The maximum absolute atomic E-state index is 13.0. The van der Waals surface area contributed by atoms with Crippen molar-refractivity contribution in [1.29, 1.82) is 0 Å². The summed E-state index contributed by atoms with van der Waals surface area (Å²) in [7, 11) is 1.59. The van der Waals surface area contributed by atoms with Crippen molar-refractivity contribution >= 4 is 17.2 Å². The van der Waals surface area contributed by atoms with E-state index in [4.69, 9.17) is 4.84 Å². The van der Waals surface area contributed by atoms with E-state index >= 15 is 0 Å². The Morgan fingerprint density at radius 3 is 2.73 bits per heavy atom. The first kappa shape index (κ1) is 17.3. The zero-order valence-electron chi connectivity index (χ0n) is 14.3. The van der Waals surface area contributed by atoms with Crippen LogP contribution in [0.1, 0.15) is 11.1 Å². The molecule has 0 aliphatic heterocycles. The Morgan fingerprint density at radius 2 is 2.00 bits per heavy atom. The Balaban J connectivity index is 2.18. The number of fused-ring (bicyclic) bond motifs is 1. The number of oxime groups is 1. The van der Waals surface area contributed by atoms with Crippen molar-refractivity contribution in [3.63, 3.8) is 0 Å². The largest absolute Gasteiger partial charge is 0.392 e. The van der Waals surface area contributed by atoms with Crippen LogP contribution in [0.2, 0.25) is 0 Å². The first-order chi connectivity index (χ1) is 12.6. The molecule has 0 fully saturated rings. The van der Waals surface area contributed by atoms with Crippen LogP contribution < -0.4 is 11.2 Å². The average Bonchev–Trinajstić information content (AvgIpc) is 2.67. The molecule has 0 bridgehead atoms. The third kappa shape index (κ3) is 3.32. The van der Waals surface area contributed by atoms with Crippen molar-refractivity contribution in [2.75, 3.05) is 6.61 Å². The highest BCUT2D eigenvalue weighted by molar-refractivity contribution is 5.96. The molecular weight excluding hydrogens is 332 g/mol. The van der Waals surface area contributed by atoms with Crippen LogP contribution in [0.25, 0.3) is 11.0 Å². The second-order valence-corrected chi connectivity index (χ2v) is 5.64. The van der Waals surface area contributed by atoms with Crippen molar-refractivity contribution in [3.8, 4) is 0 Å². The summed E-state index contributed by atoms with van der Waals surface area (Å²) in [5.74, 6) is 0. The summed E-state index contributed by atoms with van der Waals surface area (Å²) in [6, 6.07) is 11.0. The van der Waals surface area contributed by atoms with Gasteiger partial charge >= 0.3 is 5.69 Å². The summed E-state index contributed by atoms with van der Waals surface area (Å²) >= 11 is 0. The van der Waals surface area contributed by atoms with Gasteiger partial charge < -0.3 is 4.84 Å². The Hall–Kier alpha value is -3.48. The number of hydrogen-bond acceptors (Lipinski definition) is 5. The van der Waals surface area contributed by atoms with Gasteiger partial charge in [0.1, 0.15) is 12.3 Å². The Kier molecular flexibility index (Phi) is 5.07. The van der Waals surface area contributed by atoms with E-state index in [1.165, 1.54) is 21.5 Å². The molecule has 0 aliphatic carbocycles. The maximum Gasteiger partial charge on any atom is 0.332 e. The van der Waals surface area contributed by atoms with E-state index in [2.05, 4.69) is 16.7 Å². The van der Waals surface area contributed by atoms with E-state index in [0.717, 1.165) is 5.56 Å².